The molecule has 1 amide bonds. The zero-order valence-electron chi connectivity index (χ0n) is 19.7. The minimum Gasteiger partial charge on any atom is -0.465 e. The highest BCUT2D eigenvalue weighted by Gasteiger charge is 2.75. The average Bonchev–Trinajstić information content (AvgIpc) is 2.84. The summed E-state index contributed by atoms with van der Waals surface area (Å²) in [5, 5.41) is 10.0. The Hall–Kier alpha value is -3.67. The van der Waals surface area contributed by atoms with Crippen molar-refractivity contribution in [1.82, 2.24) is 4.90 Å². The molecule has 4 rings (SSSR count). The predicted molar refractivity (Wildman–Crippen MR) is 132 cm³/mol. The summed E-state index contributed by atoms with van der Waals surface area (Å²) in [6.07, 6.45) is -13.3. The van der Waals surface area contributed by atoms with E-state index in [4.69, 9.17) is 5.11 Å². The second-order valence-electron chi connectivity index (χ2n) is 8.21. The monoisotopic (exact) mass is 559 g/mol. The summed E-state index contributed by atoms with van der Waals surface area (Å²) in [4.78, 5) is 11.0. The minimum absolute atomic E-state index is 0.0671. The molecule has 0 radical (unpaired) electrons. The molecule has 0 aromatic heterocycles. The molecule has 38 heavy (non-hydrogen) atoms. The minimum atomic E-state index is -6.51. The number of fused-ring (bicyclic) bond motifs is 2. The smallest absolute Gasteiger partial charge is 0.465 e. The molecule has 0 atom stereocenters. The van der Waals surface area contributed by atoms with Gasteiger partial charge in [-0.3, -0.25) is 0 Å². The lowest BCUT2D eigenvalue weighted by Crippen LogP contribution is -2.55. The maximum Gasteiger partial charge on any atom is 0.474 e. The number of alkyl halides is 7. The van der Waals surface area contributed by atoms with Crippen molar-refractivity contribution >= 4 is 40.3 Å². The van der Waals surface area contributed by atoms with Gasteiger partial charge in [0.2, 0.25) is 0 Å². The number of benzene rings is 4. The molecule has 0 saturated heterocycles. The Bertz CT molecular complexity index is 1470. The van der Waals surface area contributed by atoms with Crippen LogP contribution in [-0.2, 0) is 0 Å². The van der Waals surface area contributed by atoms with Crippen LogP contribution in [0, 0.1) is 0 Å². The van der Waals surface area contributed by atoms with Gasteiger partial charge in [-0.1, -0.05) is 60.7 Å². The molecule has 1 N–H and O–H groups in total. The number of nitrogens with zero attached hydrogens (tertiary/aromatic N) is 1. The maximum absolute atomic E-state index is 14.2. The van der Waals surface area contributed by atoms with E-state index in [2.05, 4.69) is 17.4 Å². The number of carbonyl (C=O) groups is 1. The first-order valence-electron chi connectivity index (χ1n) is 10.7. The largest absolute Gasteiger partial charge is 0.474 e. The van der Waals surface area contributed by atoms with Crippen molar-refractivity contribution in [1.29, 1.82) is 0 Å². The molecule has 4 aromatic carbocycles. The number of carboxylic acid groups (broad SMARTS) is 1. The van der Waals surface area contributed by atoms with Crippen molar-refractivity contribution in [2.75, 3.05) is 14.1 Å². The van der Waals surface area contributed by atoms with Gasteiger partial charge in [-0.05, 0) is 33.7 Å². The first-order chi connectivity index (χ1) is 17.6. The number of hydrogen-bond donors (Lipinski definition) is 2. The molecule has 12 heteroatoms. The second-order valence-corrected chi connectivity index (χ2v) is 8.69. The highest BCUT2D eigenvalue weighted by atomic mass is 32.1. The molecule has 4 nitrogen and oxygen atoms in total. The summed E-state index contributed by atoms with van der Waals surface area (Å²) in [5.74, 6) is -7.24. The van der Waals surface area contributed by atoms with Gasteiger partial charge in [0.15, 0.2) is 0 Å². The molecule has 0 aliphatic carbocycles. The van der Waals surface area contributed by atoms with E-state index in [1.807, 2.05) is 0 Å². The van der Waals surface area contributed by atoms with Crippen LogP contribution in [0.25, 0.3) is 32.7 Å². The van der Waals surface area contributed by atoms with Gasteiger partial charge in [0.05, 0.1) is 0 Å². The van der Waals surface area contributed by atoms with Gasteiger partial charge >= 0.3 is 24.3 Å². The second kappa shape index (κ2) is 10.6. The maximum atomic E-state index is 14.2. The van der Waals surface area contributed by atoms with Crippen LogP contribution in [0.1, 0.15) is 0 Å². The zero-order valence-corrected chi connectivity index (χ0v) is 20.6. The van der Waals surface area contributed by atoms with E-state index >= 15 is 0 Å². The predicted octanol–water partition coefficient (Wildman–Crippen LogP) is 8.34. The summed E-state index contributed by atoms with van der Waals surface area (Å²) in [6.45, 7) is 0. The van der Waals surface area contributed by atoms with E-state index in [1.54, 1.807) is 54.6 Å². The Kier molecular flexibility index (Phi) is 8.06. The van der Waals surface area contributed by atoms with Gasteiger partial charge in [-0.2, -0.15) is 30.7 Å². The molecule has 0 heterocycles. The zero-order chi connectivity index (χ0) is 28.5. The van der Waals surface area contributed by atoms with Gasteiger partial charge in [0, 0.05) is 30.1 Å². The molecule has 0 fully saturated rings. The van der Waals surface area contributed by atoms with Crippen LogP contribution in [0.5, 0.6) is 5.75 Å². The normalized spacial score (nSPS) is 12.2. The highest BCUT2D eigenvalue weighted by molar-refractivity contribution is 7.80. The van der Waals surface area contributed by atoms with Crippen molar-refractivity contribution in [2.45, 2.75) is 23.1 Å². The van der Waals surface area contributed by atoms with E-state index in [1.165, 1.54) is 26.2 Å². The summed E-state index contributed by atoms with van der Waals surface area (Å²) in [5.41, 5.74) is 0.201. The van der Waals surface area contributed by atoms with Crippen LogP contribution < -0.4 is 4.74 Å². The molecule has 0 aliphatic heterocycles. The van der Waals surface area contributed by atoms with E-state index < -0.39 is 30.1 Å². The van der Waals surface area contributed by atoms with Gasteiger partial charge in [-0.25, -0.2) is 4.79 Å². The van der Waals surface area contributed by atoms with Gasteiger partial charge < -0.3 is 14.7 Å². The number of amides is 1. The van der Waals surface area contributed by atoms with Crippen LogP contribution in [-0.4, -0.2) is 48.4 Å². The Labute approximate surface area is 217 Å². The lowest BCUT2D eigenvalue weighted by atomic mass is 9.93. The molecule has 0 unspecified atom stereocenters. The first-order valence-corrected chi connectivity index (χ1v) is 11.2. The molecular formula is C26H20F7NO3S. The fourth-order valence-electron chi connectivity index (χ4n) is 3.48. The van der Waals surface area contributed by atoms with Gasteiger partial charge in [-0.15, -0.1) is 12.6 Å². The standard InChI is InChI=1S/C23H13F7OS.C3H7NO2/c24-21(25,22(26,27)28)23(29,30)31-17-11-9-13-5-1-3-7-15(13)19(17)20-16-8-4-2-6-14(16)10-12-18(20)32;1-4(2)3(5)6/h1-12,32H;1-2H3,(H,5,6). The Morgan fingerprint density at radius 3 is 1.68 bits per heavy atom. The number of thiol groups is 1. The fraction of sp³-hybridized carbons (Fsp3) is 0.192. The van der Waals surface area contributed by atoms with Crippen molar-refractivity contribution in [3.8, 4) is 16.9 Å². The van der Waals surface area contributed by atoms with Crippen molar-refractivity contribution < 1.29 is 45.4 Å². The van der Waals surface area contributed by atoms with Crippen LogP contribution in [0.4, 0.5) is 35.5 Å². The third kappa shape index (κ3) is 5.59. The Morgan fingerprint density at radius 1 is 0.763 bits per heavy atom. The van der Waals surface area contributed by atoms with Crippen LogP contribution >= 0.6 is 12.6 Å². The van der Waals surface area contributed by atoms with Crippen molar-refractivity contribution in [3.05, 3.63) is 72.8 Å². The number of hydrogen-bond acceptors (Lipinski definition) is 3. The summed E-state index contributed by atoms with van der Waals surface area (Å²) in [7, 11) is 2.95. The first kappa shape index (κ1) is 28.9. The molecule has 202 valence electrons. The fourth-order valence-corrected chi connectivity index (χ4v) is 3.79. The molecule has 0 spiro atoms. The van der Waals surface area contributed by atoms with Gasteiger partial charge in [0.25, 0.3) is 0 Å². The molecule has 0 saturated carbocycles. The Morgan fingerprint density at radius 2 is 1.21 bits per heavy atom. The lowest BCUT2D eigenvalue weighted by Gasteiger charge is -2.29. The molecule has 0 bridgehead atoms. The third-order valence-corrected chi connectivity index (χ3v) is 5.76. The van der Waals surface area contributed by atoms with E-state index in [-0.39, 0.29) is 11.1 Å². The van der Waals surface area contributed by atoms with Crippen LogP contribution in [0.2, 0.25) is 0 Å². The molecule has 4 aromatic rings. The van der Waals surface area contributed by atoms with Crippen molar-refractivity contribution in [2.24, 2.45) is 0 Å². The quantitative estimate of drug-likeness (QED) is 0.195. The number of halogens is 7. The number of rotatable bonds is 4. The molecule has 0 aliphatic rings. The van der Waals surface area contributed by atoms with Crippen LogP contribution in [0.15, 0.2) is 77.7 Å². The number of ether oxygens (including phenoxy) is 1. The van der Waals surface area contributed by atoms with E-state index in [9.17, 15) is 35.5 Å². The van der Waals surface area contributed by atoms with Gasteiger partial charge in [0.1, 0.15) is 5.75 Å². The SMILES string of the molecule is CN(C)C(=O)O.FC(F)(F)C(F)(F)C(F)(F)Oc1ccc2ccccc2c1-c1c(S)ccc2ccccc12. The van der Waals surface area contributed by atoms with Crippen molar-refractivity contribution in [3.63, 3.8) is 0 Å². The third-order valence-electron chi connectivity index (χ3n) is 5.39. The lowest BCUT2D eigenvalue weighted by molar-refractivity contribution is -0.402. The highest BCUT2D eigenvalue weighted by Crippen LogP contribution is 2.50. The summed E-state index contributed by atoms with van der Waals surface area (Å²) >= 11 is 4.40. The van der Waals surface area contributed by atoms with E-state index in [0.29, 0.717) is 26.4 Å². The Balaban J connectivity index is 0.000000599. The topological polar surface area (TPSA) is 49.8 Å². The summed E-state index contributed by atoms with van der Waals surface area (Å²) < 4.78 is 97.6. The molecular weight excluding hydrogens is 539 g/mol. The summed E-state index contributed by atoms with van der Waals surface area (Å²) in [6, 6.07) is 18.8. The average molecular weight is 560 g/mol. The van der Waals surface area contributed by atoms with E-state index in [0.717, 1.165) is 11.0 Å². The van der Waals surface area contributed by atoms with Crippen LogP contribution in [0.3, 0.4) is 0 Å².